The van der Waals surface area contributed by atoms with Gasteiger partial charge in [0, 0.05) is 10.7 Å². The Kier molecular flexibility index (Phi) is 5.32. The van der Waals surface area contributed by atoms with Crippen molar-refractivity contribution in [3.63, 3.8) is 0 Å². The van der Waals surface area contributed by atoms with Gasteiger partial charge in [-0.2, -0.15) is 0 Å². The van der Waals surface area contributed by atoms with Crippen molar-refractivity contribution in [1.29, 1.82) is 0 Å². The molecule has 0 bridgehead atoms. The van der Waals surface area contributed by atoms with Gasteiger partial charge in [-0.1, -0.05) is 25.4 Å². The van der Waals surface area contributed by atoms with Crippen molar-refractivity contribution in [2.75, 3.05) is 5.32 Å². The summed E-state index contributed by atoms with van der Waals surface area (Å²) in [6, 6.07) is 3.50. The van der Waals surface area contributed by atoms with Crippen LogP contribution in [0.2, 0.25) is 5.02 Å². The quantitative estimate of drug-likeness (QED) is 0.774. The number of carboxylic acids is 1. The number of nitrogens with two attached hydrogens (primary N) is 1. The fourth-order valence-electron chi connectivity index (χ4n) is 1.64. The predicted octanol–water partition coefficient (Wildman–Crippen LogP) is 2.35. The molecule has 4 N–H and O–H groups in total. The minimum Gasteiger partial charge on any atom is -0.478 e. The summed E-state index contributed by atoms with van der Waals surface area (Å²) in [7, 11) is 0. The molecule has 1 rings (SSSR count). The first-order valence-electron chi connectivity index (χ1n) is 5.90. The lowest BCUT2D eigenvalue weighted by Gasteiger charge is -2.14. The summed E-state index contributed by atoms with van der Waals surface area (Å²) in [4.78, 5) is 22.7. The van der Waals surface area contributed by atoms with Crippen LogP contribution in [0.1, 0.15) is 30.6 Å². The Morgan fingerprint density at radius 1 is 1.37 bits per heavy atom. The minimum atomic E-state index is -1.11. The third-order valence-electron chi connectivity index (χ3n) is 2.47. The summed E-state index contributed by atoms with van der Waals surface area (Å²) in [5.41, 5.74) is 6.08. The molecule has 0 aliphatic heterocycles. The van der Waals surface area contributed by atoms with E-state index in [2.05, 4.69) is 5.32 Å². The van der Waals surface area contributed by atoms with Crippen molar-refractivity contribution >= 4 is 29.2 Å². The Bertz CT molecular complexity index is 489. The van der Waals surface area contributed by atoms with Gasteiger partial charge in [-0.25, -0.2) is 4.79 Å². The third kappa shape index (κ3) is 4.89. The van der Waals surface area contributed by atoms with Crippen LogP contribution in [0.15, 0.2) is 18.2 Å². The molecule has 0 unspecified atom stereocenters. The van der Waals surface area contributed by atoms with Crippen LogP contribution in [-0.4, -0.2) is 23.0 Å². The lowest BCUT2D eigenvalue weighted by atomic mass is 10.0. The minimum absolute atomic E-state index is 0.0141. The molecule has 6 heteroatoms. The second-order valence-electron chi connectivity index (χ2n) is 4.76. The Balaban J connectivity index is 2.82. The van der Waals surface area contributed by atoms with Crippen molar-refractivity contribution in [2.24, 2.45) is 11.7 Å². The summed E-state index contributed by atoms with van der Waals surface area (Å²) in [5, 5.41) is 11.7. The Morgan fingerprint density at radius 3 is 2.53 bits per heavy atom. The van der Waals surface area contributed by atoms with Crippen LogP contribution < -0.4 is 11.1 Å². The number of carbonyl (C=O) groups excluding carboxylic acids is 1. The van der Waals surface area contributed by atoms with E-state index in [0.717, 1.165) is 0 Å². The number of amides is 1. The Hall–Kier alpha value is -1.59. The number of anilines is 1. The molecule has 0 heterocycles. The fourth-order valence-corrected chi connectivity index (χ4v) is 1.87. The highest BCUT2D eigenvalue weighted by Gasteiger charge is 2.16. The highest BCUT2D eigenvalue weighted by Crippen LogP contribution is 2.19. The summed E-state index contributed by atoms with van der Waals surface area (Å²) in [6.07, 6.45) is 0.554. The summed E-state index contributed by atoms with van der Waals surface area (Å²) in [6.45, 7) is 3.93. The zero-order valence-corrected chi connectivity index (χ0v) is 11.6. The van der Waals surface area contributed by atoms with Crippen LogP contribution in [-0.2, 0) is 4.79 Å². The lowest BCUT2D eigenvalue weighted by Crippen LogP contribution is -2.36. The number of halogens is 1. The first-order valence-corrected chi connectivity index (χ1v) is 6.27. The smallest absolute Gasteiger partial charge is 0.335 e. The van der Waals surface area contributed by atoms with Gasteiger partial charge in [0.1, 0.15) is 0 Å². The van der Waals surface area contributed by atoms with Crippen molar-refractivity contribution in [3.8, 4) is 0 Å². The van der Waals surface area contributed by atoms with Gasteiger partial charge in [-0.15, -0.1) is 0 Å². The molecule has 1 aromatic rings. The number of hydrogen-bond donors (Lipinski definition) is 3. The second kappa shape index (κ2) is 6.54. The Labute approximate surface area is 116 Å². The molecule has 0 aliphatic rings. The van der Waals surface area contributed by atoms with Crippen molar-refractivity contribution in [3.05, 3.63) is 28.8 Å². The monoisotopic (exact) mass is 284 g/mol. The van der Waals surface area contributed by atoms with Crippen LogP contribution in [0, 0.1) is 5.92 Å². The average Bonchev–Trinajstić information content (AvgIpc) is 2.26. The second-order valence-corrected chi connectivity index (χ2v) is 5.20. The van der Waals surface area contributed by atoms with Gasteiger partial charge in [0.2, 0.25) is 5.91 Å². The number of carboxylic acid groups (broad SMARTS) is 1. The van der Waals surface area contributed by atoms with Crippen molar-refractivity contribution in [2.45, 2.75) is 26.3 Å². The maximum absolute atomic E-state index is 11.8. The van der Waals surface area contributed by atoms with Gasteiger partial charge < -0.3 is 16.2 Å². The van der Waals surface area contributed by atoms with Crippen LogP contribution in [0.4, 0.5) is 5.69 Å². The standard InChI is InChI=1S/C13H17ClN2O3/c1-7(2)3-11(15)12(17)16-10-5-8(13(18)19)4-9(14)6-10/h4-7,11H,3,15H2,1-2H3,(H,16,17)(H,18,19)/t11-/m1/s1. The van der Waals surface area contributed by atoms with Crippen molar-refractivity contribution < 1.29 is 14.7 Å². The van der Waals surface area contributed by atoms with Crippen molar-refractivity contribution in [1.82, 2.24) is 0 Å². The molecule has 0 aromatic heterocycles. The fraction of sp³-hybridized carbons (Fsp3) is 0.385. The first kappa shape index (κ1) is 15.5. The van der Waals surface area contributed by atoms with E-state index in [1.165, 1.54) is 18.2 Å². The molecule has 1 aromatic carbocycles. The molecule has 1 amide bonds. The van der Waals surface area contributed by atoms with Crippen LogP contribution >= 0.6 is 11.6 Å². The molecule has 19 heavy (non-hydrogen) atoms. The van der Waals surface area contributed by atoms with Gasteiger partial charge in [0.25, 0.3) is 0 Å². The summed E-state index contributed by atoms with van der Waals surface area (Å²) >= 11 is 5.80. The molecule has 104 valence electrons. The topological polar surface area (TPSA) is 92.4 Å². The zero-order chi connectivity index (χ0) is 14.6. The van der Waals surface area contributed by atoms with E-state index in [0.29, 0.717) is 18.0 Å². The molecule has 0 spiro atoms. The van der Waals surface area contributed by atoms with Gasteiger partial charge in [0.05, 0.1) is 11.6 Å². The predicted molar refractivity (Wildman–Crippen MR) is 74.5 cm³/mol. The Morgan fingerprint density at radius 2 is 2.00 bits per heavy atom. The van der Waals surface area contributed by atoms with Gasteiger partial charge >= 0.3 is 5.97 Å². The van der Waals surface area contributed by atoms with Crippen LogP contribution in [0.5, 0.6) is 0 Å². The van der Waals surface area contributed by atoms with E-state index in [1.54, 1.807) is 0 Å². The molecular weight excluding hydrogens is 268 g/mol. The number of hydrogen-bond acceptors (Lipinski definition) is 3. The third-order valence-corrected chi connectivity index (χ3v) is 2.69. The summed E-state index contributed by atoms with van der Waals surface area (Å²) in [5.74, 6) is -1.16. The largest absolute Gasteiger partial charge is 0.478 e. The number of rotatable bonds is 5. The maximum atomic E-state index is 11.8. The van der Waals surface area contributed by atoms with Crippen LogP contribution in [0.25, 0.3) is 0 Å². The van der Waals surface area contributed by atoms with Gasteiger partial charge in [-0.05, 0) is 30.5 Å². The molecular formula is C13H17ClN2O3. The molecule has 0 fully saturated rings. The maximum Gasteiger partial charge on any atom is 0.335 e. The SMILES string of the molecule is CC(C)C[C@@H](N)C(=O)Nc1cc(Cl)cc(C(=O)O)c1. The van der Waals surface area contributed by atoms with E-state index in [-0.39, 0.29) is 16.5 Å². The molecule has 1 atom stereocenters. The lowest BCUT2D eigenvalue weighted by molar-refractivity contribution is -0.117. The van der Waals surface area contributed by atoms with Gasteiger partial charge in [0.15, 0.2) is 0 Å². The number of aromatic carboxylic acids is 1. The van der Waals surface area contributed by atoms with E-state index >= 15 is 0 Å². The first-order chi connectivity index (χ1) is 8.79. The van der Waals surface area contributed by atoms with Crippen LogP contribution in [0.3, 0.4) is 0 Å². The zero-order valence-electron chi connectivity index (χ0n) is 10.8. The molecule has 0 saturated heterocycles. The summed E-state index contributed by atoms with van der Waals surface area (Å²) < 4.78 is 0. The molecule has 0 aliphatic carbocycles. The average molecular weight is 285 g/mol. The highest BCUT2D eigenvalue weighted by molar-refractivity contribution is 6.31. The van der Waals surface area contributed by atoms with Gasteiger partial charge in [-0.3, -0.25) is 4.79 Å². The normalized spacial score (nSPS) is 12.3. The number of benzene rings is 1. The van der Waals surface area contributed by atoms with E-state index < -0.39 is 12.0 Å². The number of carbonyl (C=O) groups is 2. The highest BCUT2D eigenvalue weighted by atomic mass is 35.5. The van der Waals surface area contributed by atoms with E-state index in [9.17, 15) is 9.59 Å². The van der Waals surface area contributed by atoms with E-state index in [1.807, 2.05) is 13.8 Å². The number of nitrogens with one attached hydrogen (secondary N) is 1. The van der Waals surface area contributed by atoms with E-state index in [4.69, 9.17) is 22.4 Å². The molecule has 5 nitrogen and oxygen atoms in total. The molecule has 0 radical (unpaired) electrons. The molecule has 0 saturated carbocycles.